The summed E-state index contributed by atoms with van der Waals surface area (Å²) in [5, 5.41) is 0. The van der Waals surface area contributed by atoms with Crippen molar-refractivity contribution in [2.24, 2.45) is 11.1 Å². The van der Waals surface area contributed by atoms with Gasteiger partial charge >= 0.3 is 0 Å². The van der Waals surface area contributed by atoms with E-state index < -0.39 is 10.0 Å². The fourth-order valence-electron chi connectivity index (χ4n) is 2.48. The van der Waals surface area contributed by atoms with Crippen molar-refractivity contribution in [2.45, 2.75) is 38.1 Å². The van der Waals surface area contributed by atoms with Crippen LogP contribution in [0.15, 0.2) is 27.6 Å². The largest absolute Gasteiger partial charge is 0.327 e. The van der Waals surface area contributed by atoms with Crippen LogP contribution in [0.25, 0.3) is 0 Å². The van der Waals surface area contributed by atoms with Gasteiger partial charge in [0.15, 0.2) is 0 Å². The minimum atomic E-state index is -3.47. The molecule has 1 aromatic rings. The maximum absolute atomic E-state index is 12.8. The lowest BCUT2D eigenvalue weighted by Gasteiger charge is -2.41. The molecule has 1 fully saturated rings. The molecule has 20 heavy (non-hydrogen) atoms. The molecule has 0 bridgehead atoms. The van der Waals surface area contributed by atoms with Gasteiger partial charge in [0.05, 0.1) is 4.90 Å². The van der Waals surface area contributed by atoms with Gasteiger partial charge in [-0.1, -0.05) is 19.9 Å². The molecular formula is C14H21BrN2O2S. The quantitative estimate of drug-likeness (QED) is 0.880. The lowest BCUT2D eigenvalue weighted by Crippen LogP contribution is -2.53. The summed E-state index contributed by atoms with van der Waals surface area (Å²) < 4.78 is 27.7. The number of sulfonamides is 1. The highest BCUT2D eigenvalue weighted by Gasteiger charge is 2.39. The number of nitrogens with two attached hydrogens (primary N) is 1. The Morgan fingerprint density at radius 1 is 1.40 bits per heavy atom. The van der Waals surface area contributed by atoms with Crippen molar-refractivity contribution in [3.8, 4) is 0 Å². The van der Waals surface area contributed by atoms with Crippen LogP contribution in [0.5, 0.6) is 0 Å². The van der Waals surface area contributed by atoms with Crippen molar-refractivity contribution in [1.82, 2.24) is 4.31 Å². The van der Waals surface area contributed by atoms with Gasteiger partial charge in [-0.25, -0.2) is 8.42 Å². The number of rotatable bonds is 2. The van der Waals surface area contributed by atoms with Gasteiger partial charge in [0.25, 0.3) is 0 Å². The van der Waals surface area contributed by atoms with Gasteiger partial charge in [0.2, 0.25) is 10.0 Å². The van der Waals surface area contributed by atoms with E-state index in [0.717, 1.165) is 5.56 Å². The molecule has 1 aliphatic heterocycles. The summed E-state index contributed by atoms with van der Waals surface area (Å²) in [7, 11) is -3.47. The van der Waals surface area contributed by atoms with Gasteiger partial charge < -0.3 is 5.73 Å². The van der Waals surface area contributed by atoms with E-state index in [0.29, 0.717) is 28.9 Å². The summed E-state index contributed by atoms with van der Waals surface area (Å²) in [6, 6.07) is 5.35. The lowest BCUT2D eigenvalue weighted by atomic mass is 9.81. The van der Waals surface area contributed by atoms with Gasteiger partial charge in [0, 0.05) is 23.6 Å². The van der Waals surface area contributed by atoms with Crippen molar-refractivity contribution >= 4 is 26.0 Å². The second-order valence-corrected chi connectivity index (χ2v) is 8.92. The Bertz CT molecular complexity index is 614. The highest BCUT2D eigenvalue weighted by Crippen LogP contribution is 2.33. The van der Waals surface area contributed by atoms with Crippen LogP contribution in [-0.4, -0.2) is 31.9 Å². The number of hydrogen-bond acceptors (Lipinski definition) is 3. The van der Waals surface area contributed by atoms with Crippen LogP contribution in [0.1, 0.15) is 25.8 Å². The Kier molecular flexibility index (Phi) is 4.31. The summed E-state index contributed by atoms with van der Waals surface area (Å²) in [6.07, 6.45) is 0.690. The van der Waals surface area contributed by atoms with Gasteiger partial charge in [0.1, 0.15) is 0 Å². The summed E-state index contributed by atoms with van der Waals surface area (Å²) >= 11 is 3.36. The van der Waals surface area contributed by atoms with E-state index in [1.807, 2.05) is 32.9 Å². The third-order valence-electron chi connectivity index (χ3n) is 3.98. The van der Waals surface area contributed by atoms with Crippen LogP contribution in [0.3, 0.4) is 0 Å². The molecule has 6 heteroatoms. The predicted molar refractivity (Wildman–Crippen MR) is 84.0 cm³/mol. The number of benzene rings is 1. The van der Waals surface area contributed by atoms with Crippen molar-refractivity contribution in [2.75, 3.05) is 13.1 Å². The normalized spacial score (nSPS) is 23.8. The molecule has 1 saturated heterocycles. The van der Waals surface area contributed by atoms with Crippen LogP contribution in [0.2, 0.25) is 0 Å². The van der Waals surface area contributed by atoms with Crippen molar-refractivity contribution in [3.63, 3.8) is 0 Å². The molecule has 0 radical (unpaired) electrons. The Morgan fingerprint density at radius 3 is 2.60 bits per heavy atom. The van der Waals surface area contributed by atoms with Crippen LogP contribution < -0.4 is 5.73 Å². The number of hydrogen-bond donors (Lipinski definition) is 1. The molecule has 0 saturated carbocycles. The molecule has 1 atom stereocenters. The van der Waals surface area contributed by atoms with Crippen LogP contribution in [0, 0.1) is 12.3 Å². The van der Waals surface area contributed by atoms with Gasteiger partial charge in [-0.05, 0) is 52.4 Å². The molecule has 2 N–H and O–H groups in total. The van der Waals surface area contributed by atoms with Crippen LogP contribution in [0.4, 0.5) is 0 Å². The molecule has 1 unspecified atom stereocenters. The van der Waals surface area contributed by atoms with E-state index in [1.54, 1.807) is 10.4 Å². The molecule has 1 heterocycles. The van der Waals surface area contributed by atoms with Gasteiger partial charge in [-0.3, -0.25) is 0 Å². The minimum absolute atomic E-state index is 0.0374. The molecule has 112 valence electrons. The molecule has 4 nitrogen and oxygen atoms in total. The molecule has 1 aliphatic rings. The summed E-state index contributed by atoms with van der Waals surface area (Å²) in [4.78, 5) is 0.328. The van der Waals surface area contributed by atoms with Gasteiger partial charge in [-0.15, -0.1) is 0 Å². The van der Waals surface area contributed by atoms with E-state index in [1.165, 1.54) is 0 Å². The van der Waals surface area contributed by atoms with Crippen molar-refractivity contribution in [1.29, 1.82) is 0 Å². The fourth-order valence-corrected chi connectivity index (χ4v) is 5.26. The molecule has 0 aromatic heterocycles. The van der Waals surface area contributed by atoms with E-state index in [4.69, 9.17) is 5.73 Å². The van der Waals surface area contributed by atoms with E-state index >= 15 is 0 Å². The lowest BCUT2D eigenvalue weighted by molar-refractivity contribution is 0.155. The summed E-state index contributed by atoms with van der Waals surface area (Å²) in [5.41, 5.74) is 6.89. The molecular weight excluding hydrogens is 340 g/mol. The zero-order chi connectivity index (χ0) is 15.1. The monoisotopic (exact) mass is 360 g/mol. The molecule has 1 aromatic carbocycles. The van der Waals surface area contributed by atoms with Crippen molar-refractivity contribution in [3.05, 3.63) is 28.2 Å². The number of nitrogens with zero attached hydrogens (tertiary/aromatic N) is 1. The van der Waals surface area contributed by atoms with Crippen LogP contribution >= 0.6 is 15.9 Å². The van der Waals surface area contributed by atoms with Gasteiger partial charge in [-0.2, -0.15) is 4.31 Å². The fraction of sp³-hybridized carbons (Fsp3) is 0.571. The maximum Gasteiger partial charge on any atom is 0.244 e. The Morgan fingerprint density at radius 2 is 2.05 bits per heavy atom. The van der Waals surface area contributed by atoms with E-state index in [-0.39, 0.29) is 11.5 Å². The maximum atomic E-state index is 12.8. The van der Waals surface area contributed by atoms with Crippen LogP contribution in [-0.2, 0) is 10.0 Å². The Balaban J connectivity index is 2.36. The number of halogens is 1. The second-order valence-electron chi connectivity index (χ2n) is 6.16. The topological polar surface area (TPSA) is 63.4 Å². The molecule has 0 amide bonds. The smallest absolute Gasteiger partial charge is 0.244 e. The Hall–Kier alpha value is -0.430. The van der Waals surface area contributed by atoms with Crippen molar-refractivity contribution < 1.29 is 8.42 Å². The third kappa shape index (κ3) is 2.93. The van der Waals surface area contributed by atoms with E-state index in [2.05, 4.69) is 15.9 Å². The number of aryl methyl sites for hydroxylation is 1. The third-order valence-corrected chi connectivity index (χ3v) is 6.80. The zero-order valence-corrected chi connectivity index (χ0v) is 14.5. The first kappa shape index (κ1) is 15.9. The zero-order valence-electron chi connectivity index (χ0n) is 12.1. The summed E-state index contributed by atoms with van der Waals surface area (Å²) in [6.45, 7) is 6.90. The second kappa shape index (κ2) is 5.40. The molecule has 0 aliphatic carbocycles. The summed E-state index contributed by atoms with van der Waals surface area (Å²) in [5.74, 6) is 0. The predicted octanol–water partition coefficient (Wildman–Crippen LogP) is 2.51. The first-order valence-corrected chi connectivity index (χ1v) is 8.90. The number of piperidine rings is 1. The average Bonchev–Trinajstić information content (AvgIpc) is 2.31. The first-order chi connectivity index (χ1) is 9.14. The standard InChI is InChI=1S/C14H21BrN2O2S/c1-10-4-5-12(11(15)8-10)20(18,19)17-7-6-13(16)14(2,3)9-17/h4-5,8,13H,6-7,9,16H2,1-3H3. The van der Waals surface area contributed by atoms with E-state index in [9.17, 15) is 8.42 Å². The first-order valence-electron chi connectivity index (χ1n) is 6.66. The highest BCUT2D eigenvalue weighted by molar-refractivity contribution is 9.10. The SMILES string of the molecule is Cc1ccc(S(=O)(=O)N2CCC(N)C(C)(C)C2)c(Br)c1. The molecule has 2 rings (SSSR count). The molecule has 0 spiro atoms. The highest BCUT2D eigenvalue weighted by atomic mass is 79.9. The average molecular weight is 361 g/mol. The minimum Gasteiger partial charge on any atom is -0.327 e. The Labute approximate surface area is 129 Å².